The number of benzene rings is 1. The van der Waals surface area contributed by atoms with Crippen molar-refractivity contribution in [1.29, 1.82) is 0 Å². The average molecular weight is 359 g/mol. The van der Waals surface area contributed by atoms with E-state index in [1.54, 1.807) is 0 Å². The molecule has 0 bridgehead atoms. The number of carbonyl (C=O) groups is 1. The molecule has 4 rings (SSSR count). The summed E-state index contributed by atoms with van der Waals surface area (Å²) in [7, 11) is 0. The van der Waals surface area contributed by atoms with Crippen LogP contribution < -0.4 is 4.90 Å². The summed E-state index contributed by atoms with van der Waals surface area (Å²) in [4.78, 5) is 18.2. The molecule has 0 radical (unpaired) electrons. The van der Waals surface area contributed by atoms with Crippen molar-refractivity contribution in [3.63, 3.8) is 0 Å². The molecule has 1 saturated heterocycles. The van der Waals surface area contributed by atoms with Crippen LogP contribution >= 0.6 is 0 Å². The van der Waals surface area contributed by atoms with Gasteiger partial charge in [0.15, 0.2) is 0 Å². The van der Waals surface area contributed by atoms with Gasteiger partial charge in [-0.05, 0) is 42.2 Å². The molecular formula is C23H25N3O. The molecule has 0 aliphatic carbocycles. The standard InChI is InChI=1S/C23H25N3O/c1-17(2)15-25-11-9-19(16-25)21-12-20(13-24-14-21)18-5-7-22(8-6-18)26-10-3-4-23(26)27/h5-9,11-14,16-17H,3-4,10,15H2,1-2H3. The number of rotatable bonds is 5. The zero-order valence-electron chi connectivity index (χ0n) is 15.9. The third kappa shape index (κ3) is 3.80. The number of carbonyl (C=O) groups excluding carboxylic acids is 1. The molecule has 2 aromatic heterocycles. The first-order chi connectivity index (χ1) is 13.1. The molecule has 27 heavy (non-hydrogen) atoms. The van der Waals surface area contributed by atoms with Crippen molar-refractivity contribution in [2.45, 2.75) is 33.2 Å². The highest BCUT2D eigenvalue weighted by molar-refractivity contribution is 5.95. The molecule has 0 spiro atoms. The van der Waals surface area contributed by atoms with Crippen molar-refractivity contribution in [2.75, 3.05) is 11.4 Å². The lowest BCUT2D eigenvalue weighted by Gasteiger charge is -2.16. The van der Waals surface area contributed by atoms with Gasteiger partial charge >= 0.3 is 0 Å². The third-order valence-corrected chi connectivity index (χ3v) is 4.98. The normalized spacial score (nSPS) is 14.3. The highest BCUT2D eigenvalue weighted by atomic mass is 16.2. The molecule has 4 nitrogen and oxygen atoms in total. The molecule has 0 unspecified atom stereocenters. The van der Waals surface area contributed by atoms with Gasteiger partial charge in [-0.25, -0.2) is 0 Å². The lowest BCUT2D eigenvalue weighted by Crippen LogP contribution is -2.23. The quantitative estimate of drug-likeness (QED) is 0.643. The van der Waals surface area contributed by atoms with E-state index in [2.05, 4.69) is 60.1 Å². The average Bonchev–Trinajstić information content (AvgIpc) is 3.30. The number of anilines is 1. The molecule has 138 valence electrons. The number of amides is 1. The predicted octanol–water partition coefficient (Wildman–Crippen LogP) is 5.00. The number of hydrogen-bond acceptors (Lipinski definition) is 2. The minimum Gasteiger partial charge on any atom is -0.353 e. The van der Waals surface area contributed by atoms with E-state index in [1.807, 2.05) is 29.4 Å². The Labute approximate surface area is 160 Å². The Morgan fingerprint density at radius 3 is 2.41 bits per heavy atom. The predicted molar refractivity (Wildman–Crippen MR) is 110 cm³/mol. The van der Waals surface area contributed by atoms with Crippen LogP contribution in [0.5, 0.6) is 0 Å². The number of nitrogens with zero attached hydrogens (tertiary/aromatic N) is 3. The lowest BCUT2D eigenvalue weighted by atomic mass is 10.0. The van der Waals surface area contributed by atoms with Crippen LogP contribution in [0.4, 0.5) is 5.69 Å². The van der Waals surface area contributed by atoms with Crippen molar-refractivity contribution in [1.82, 2.24) is 9.55 Å². The van der Waals surface area contributed by atoms with Crippen LogP contribution in [0.15, 0.2) is 61.2 Å². The van der Waals surface area contributed by atoms with Gasteiger partial charge in [0.25, 0.3) is 0 Å². The summed E-state index contributed by atoms with van der Waals surface area (Å²) in [6, 6.07) is 12.5. The van der Waals surface area contributed by atoms with E-state index in [4.69, 9.17) is 0 Å². The highest BCUT2D eigenvalue weighted by Crippen LogP contribution is 2.28. The van der Waals surface area contributed by atoms with Gasteiger partial charge in [0.1, 0.15) is 0 Å². The fraction of sp³-hybridized carbons (Fsp3) is 0.304. The van der Waals surface area contributed by atoms with Crippen molar-refractivity contribution in [3.05, 3.63) is 61.2 Å². The van der Waals surface area contributed by atoms with Gasteiger partial charge in [0.05, 0.1) is 0 Å². The molecule has 0 N–H and O–H groups in total. The van der Waals surface area contributed by atoms with Gasteiger partial charge in [-0.15, -0.1) is 0 Å². The van der Waals surface area contributed by atoms with Crippen LogP contribution in [0.25, 0.3) is 22.3 Å². The minimum absolute atomic E-state index is 0.220. The van der Waals surface area contributed by atoms with Gasteiger partial charge in [-0.1, -0.05) is 26.0 Å². The van der Waals surface area contributed by atoms with E-state index in [0.717, 1.165) is 41.9 Å². The summed E-state index contributed by atoms with van der Waals surface area (Å²) in [5.74, 6) is 0.841. The van der Waals surface area contributed by atoms with E-state index in [1.165, 1.54) is 5.56 Å². The summed E-state index contributed by atoms with van der Waals surface area (Å²) in [5.41, 5.74) is 5.49. The summed E-state index contributed by atoms with van der Waals surface area (Å²) < 4.78 is 2.23. The molecule has 4 heteroatoms. The van der Waals surface area contributed by atoms with Crippen LogP contribution in [0.1, 0.15) is 26.7 Å². The maximum atomic E-state index is 11.9. The first-order valence-corrected chi connectivity index (χ1v) is 9.62. The molecule has 1 fully saturated rings. The van der Waals surface area contributed by atoms with E-state index in [-0.39, 0.29) is 5.91 Å². The van der Waals surface area contributed by atoms with E-state index < -0.39 is 0 Å². The maximum absolute atomic E-state index is 11.9. The van der Waals surface area contributed by atoms with E-state index >= 15 is 0 Å². The van der Waals surface area contributed by atoms with Crippen LogP contribution in [0.3, 0.4) is 0 Å². The monoisotopic (exact) mass is 359 g/mol. The van der Waals surface area contributed by atoms with Gasteiger partial charge in [0.2, 0.25) is 5.91 Å². The van der Waals surface area contributed by atoms with Gasteiger partial charge in [-0.3, -0.25) is 9.78 Å². The van der Waals surface area contributed by atoms with Crippen LogP contribution in [-0.4, -0.2) is 22.0 Å². The number of hydrogen-bond donors (Lipinski definition) is 0. The zero-order chi connectivity index (χ0) is 18.8. The molecule has 1 amide bonds. The van der Waals surface area contributed by atoms with Crippen molar-refractivity contribution >= 4 is 11.6 Å². The lowest BCUT2D eigenvalue weighted by molar-refractivity contribution is -0.117. The number of pyridine rings is 1. The van der Waals surface area contributed by atoms with Crippen LogP contribution in [0.2, 0.25) is 0 Å². The van der Waals surface area contributed by atoms with Crippen LogP contribution in [-0.2, 0) is 11.3 Å². The van der Waals surface area contributed by atoms with Gasteiger partial charge in [0, 0.05) is 66.7 Å². The molecule has 0 atom stereocenters. The summed E-state index contributed by atoms with van der Waals surface area (Å²) in [6.45, 7) is 6.29. The first-order valence-electron chi connectivity index (χ1n) is 9.62. The van der Waals surface area contributed by atoms with Gasteiger partial charge in [-0.2, -0.15) is 0 Å². The second-order valence-corrected chi connectivity index (χ2v) is 7.65. The second-order valence-electron chi connectivity index (χ2n) is 7.65. The fourth-order valence-electron chi connectivity index (χ4n) is 3.66. The minimum atomic E-state index is 0.220. The second kappa shape index (κ2) is 7.39. The molecule has 1 aromatic carbocycles. The summed E-state index contributed by atoms with van der Waals surface area (Å²) in [5, 5.41) is 0. The Kier molecular flexibility index (Phi) is 4.80. The topological polar surface area (TPSA) is 38.1 Å². The van der Waals surface area contributed by atoms with Crippen molar-refractivity contribution < 1.29 is 4.79 Å². The first kappa shape index (κ1) is 17.5. The Morgan fingerprint density at radius 2 is 1.74 bits per heavy atom. The highest BCUT2D eigenvalue weighted by Gasteiger charge is 2.21. The molecule has 3 heterocycles. The molecular weight excluding hydrogens is 334 g/mol. The summed E-state index contributed by atoms with van der Waals surface area (Å²) in [6.07, 6.45) is 9.72. The van der Waals surface area contributed by atoms with E-state index in [0.29, 0.717) is 12.3 Å². The SMILES string of the molecule is CC(C)Cn1ccc(-c2cncc(-c3ccc(N4CCCC4=O)cc3)c2)c1. The fourth-order valence-corrected chi connectivity index (χ4v) is 3.66. The molecule has 1 aliphatic heterocycles. The maximum Gasteiger partial charge on any atom is 0.227 e. The zero-order valence-corrected chi connectivity index (χ0v) is 15.9. The number of aromatic nitrogens is 2. The third-order valence-electron chi connectivity index (χ3n) is 4.98. The molecule has 0 saturated carbocycles. The molecule has 3 aromatic rings. The molecule has 1 aliphatic rings. The van der Waals surface area contributed by atoms with Gasteiger partial charge < -0.3 is 9.47 Å². The summed E-state index contributed by atoms with van der Waals surface area (Å²) >= 11 is 0. The van der Waals surface area contributed by atoms with Crippen molar-refractivity contribution in [3.8, 4) is 22.3 Å². The Balaban J connectivity index is 1.57. The van der Waals surface area contributed by atoms with Crippen molar-refractivity contribution in [2.24, 2.45) is 5.92 Å². The Hall–Kier alpha value is -2.88. The Morgan fingerprint density at radius 1 is 1.00 bits per heavy atom. The van der Waals surface area contributed by atoms with E-state index in [9.17, 15) is 4.79 Å². The Bertz CT molecular complexity index is 940. The largest absolute Gasteiger partial charge is 0.353 e. The van der Waals surface area contributed by atoms with Crippen LogP contribution in [0, 0.1) is 5.92 Å². The smallest absolute Gasteiger partial charge is 0.227 e.